The first-order valence-electron chi connectivity index (χ1n) is 6.86. The molecule has 2 aliphatic rings. The minimum absolute atomic E-state index is 0.292. The highest BCUT2D eigenvalue weighted by molar-refractivity contribution is 5.16. The summed E-state index contributed by atoms with van der Waals surface area (Å²) in [4.78, 5) is 2.91. The van der Waals surface area contributed by atoms with Crippen LogP contribution in [0.3, 0.4) is 0 Å². The van der Waals surface area contributed by atoms with Crippen LogP contribution in [0.5, 0.6) is 0 Å². The second kappa shape index (κ2) is 6.43. The van der Waals surface area contributed by atoms with E-state index in [1.807, 2.05) is 30.3 Å². The van der Waals surface area contributed by atoms with Crippen LogP contribution in [0.15, 0.2) is 35.4 Å². The molecule has 0 amide bonds. The molecule has 7 nitrogen and oxygen atoms in total. The van der Waals surface area contributed by atoms with Gasteiger partial charge in [-0.25, -0.2) is 0 Å². The second-order valence-electron chi connectivity index (χ2n) is 5.02. The van der Waals surface area contributed by atoms with Crippen molar-refractivity contribution in [2.24, 2.45) is 5.11 Å². The van der Waals surface area contributed by atoms with E-state index in [4.69, 9.17) is 24.5 Å². The Balaban J connectivity index is 1.77. The van der Waals surface area contributed by atoms with Crippen LogP contribution in [0, 0.1) is 0 Å². The Morgan fingerprint density at radius 3 is 2.81 bits per heavy atom. The Hall–Kier alpha value is -1.63. The maximum atomic E-state index is 8.74. The molecular formula is C14H17N3O4. The van der Waals surface area contributed by atoms with Crippen molar-refractivity contribution < 1.29 is 18.9 Å². The first-order chi connectivity index (χ1) is 10.3. The highest BCUT2D eigenvalue weighted by Crippen LogP contribution is 2.35. The van der Waals surface area contributed by atoms with E-state index in [-0.39, 0.29) is 18.2 Å². The molecule has 7 heteroatoms. The number of ether oxygens (including phenoxy) is 4. The van der Waals surface area contributed by atoms with E-state index in [1.54, 1.807) is 7.11 Å². The normalized spacial score (nSPS) is 35.6. The van der Waals surface area contributed by atoms with Gasteiger partial charge in [-0.15, -0.1) is 0 Å². The van der Waals surface area contributed by atoms with Crippen molar-refractivity contribution in [3.05, 3.63) is 46.3 Å². The minimum Gasteiger partial charge on any atom is -0.356 e. The van der Waals surface area contributed by atoms with Crippen molar-refractivity contribution in [1.82, 2.24) is 0 Å². The third-order valence-corrected chi connectivity index (χ3v) is 3.73. The maximum Gasteiger partial charge on any atom is 0.184 e. The molecule has 0 bridgehead atoms. The van der Waals surface area contributed by atoms with Gasteiger partial charge in [0.25, 0.3) is 0 Å². The Morgan fingerprint density at radius 2 is 2.10 bits per heavy atom. The molecule has 5 unspecified atom stereocenters. The van der Waals surface area contributed by atoms with E-state index in [1.165, 1.54) is 0 Å². The van der Waals surface area contributed by atoms with Gasteiger partial charge in [0, 0.05) is 24.0 Å². The summed E-state index contributed by atoms with van der Waals surface area (Å²) in [6, 6.07) is 9.35. The summed E-state index contributed by atoms with van der Waals surface area (Å²) in [5.74, 6) is 0. The summed E-state index contributed by atoms with van der Waals surface area (Å²) in [5.41, 5.74) is 9.68. The van der Waals surface area contributed by atoms with Gasteiger partial charge in [0.1, 0.15) is 6.10 Å². The zero-order valence-corrected chi connectivity index (χ0v) is 11.7. The average molecular weight is 291 g/mol. The van der Waals surface area contributed by atoms with Crippen molar-refractivity contribution in [3.8, 4) is 0 Å². The molecule has 0 aromatic heterocycles. The van der Waals surface area contributed by atoms with E-state index >= 15 is 0 Å². The molecule has 2 fully saturated rings. The topological polar surface area (TPSA) is 85.7 Å². The van der Waals surface area contributed by atoms with Gasteiger partial charge >= 0.3 is 0 Å². The molecule has 2 heterocycles. The van der Waals surface area contributed by atoms with E-state index in [0.29, 0.717) is 13.0 Å². The highest BCUT2D eigenvalue weighted by Gasteiger charge is 2.44. The SMILES string of the molecule is COC1CC(N=[N+]=[N-])C2OC(c3ccccc3)OCC2O1. The summed E-state index contributed by atoms with van der Waals surface area (Å²) in [6.07, 6.45) is -1.01. The summed E-state index contributed by atoms with van der Waals surface area (Å²) in [7, 11) is 1.56. The van der Waals surface area contributed by atoms with Gasteiger partial charge in [-0.05, 0) is 5.53 Å². The molecule has 0 radical (unpaired) electrons. The van der Waals surface area contributed by atoms with Crippen LogP contribution >= 0.6 is 0 Å². The van der Waals surface area contributed by atoms with Crippen LogP contribution in [0.25, 0.3) is 10.4 Å². The largest absolute Gasteiger partial charge is 0.356 e. The number of azide groups is 1. The summed E-state index contributed by atoms with van der Waals surface area (Å²) in [5, 5.41) is 3.83. The van der Waals surface area contributed by atoms with Crippen molar-refractivity contribution in [1.29, 1.82) is 0 Å². The molecule has 5 atom stereocenters. The van der Waals surface area contributed by atoms with E-state index in [0.717, 1.165) is 5.56 Å². The predicted octanol–water partition coefficient (Wildman–Crippen LogP) is 2.54. The fourth-order valence-corrected chi connectivity index (χ4v) is 2.70. The molecule has 0 spiro atoms. The second-order valence-corrected chi connectivity index (χ2v) is 5.02. The lowest BCUT2D eigenvalue weighted by atomic mass is 9.98. The quantitative estimate of drug-likeness (QED) is 0.486. The predicted molar refractivity (Wildman–Crippen MR) is 73.2 cm³/mol. The zero-order chi connectivity index (χ0) is 14.7. The molecule has 21 heavy (non-hydrogen) atoms. The van der Waals surface area contributed by atoms with Crippen LogP contribution in [-0.2, 0) is 18.9 Å². The monoisotopic (exact) mass is 291 g/mol. The van der Waals surface area contributed by atoms with Crippen molar-refractivity contribution in [2.75, 3.05) is 13.7 Å². The van der Waals surface area contributed by atoms with E-state index in [9.17, 15) is 0 Å². The average Bonchev–Trinajstić information content (AvgIpc) is 2.55. The third-order valence-electron chi connectivity index (χ3n) is 3.73. The van der Waals surface area contributed by atoms with Gasteiger partial charge < -0.3 is 18.9 Å². The van der Waals surface area contributed by atoms with Gasteiger partial charge in [-0.3, -0.25) is 0 Å². The molecule has 3 rings (SSSR count). The fourth-order valence-electron chi connectivity index (χ4n) is 2.70. The lowest BCUT2D eigenvalue weighted by Crippen LogP contribution is -2.54. The Labute approximate surface area is 122 Å². The number of methoxy groups -OCH3 is 1. The Bertz CT molecular complexity index is 520. The Kier molecular flexibility index (Phi) is 4.38. The number of benzene rings is 1. The van der Waals surface area contributed by atoms with Gasteiger partial charge in [0.15, 0.2) is 12.6 Å². The van der Waals surface area contributed by atoms with Gasteiger partial charge in [0.05, 0.1) is 18.8 Å². The van der Waals surface area contributed by atoms with E-state index < -0.39 is 12.6 Å². The van der Waals surface area contributed by atoms with Crippen molar-refractivity contribution in [2.45, 2.75) is 37.3 Å². The first-order valence-corrected chi connectivity index (χ1v) is 6.86. The minimum atomic E-state index is -0.466. The number of fused-ring (bicyclic) bond motifs is 1. The Morgan fingerprint density at radius 1 is 1.29 bits per heavy atom. The number of hydrogen-bond acceptors (Lipinski definition) is 5. The molecule has 0 saturated carbocycles. The number of hydrogen-bond donors (Lipinski definition) is 0. The van der Waals surface area contributed by atoms with Crippen LogP contribution < -0.4 is 0 Å². The molecular weight excluding hydrogens is 274 g/mol. The standard InChI is InChI=1S/C14H17N3O4/c1-18-12-7-10(16-17-15)13-11(20-12)8-19-14(21-13)9-5-3-2-4-6-9/h2-6,10-14H,7-8H2,1H3. The summed E-state index contributed by atoms with van der Waals surface area (Å²) in [6.45, 7) is 0.377. The molecule has 2 aliphatic heterocycles. The van der Waals surface area contributed by atoms with Gasteiger partial charge in [-0.2, -0.15) is 0 Å². The van der Waals surface area contributed by atoms with Gasteiger partial charge in [0.2, 0.25) is 0 Å². The van der Waals surface area contributed by atoms with E-state index in [2.05, 4.69) is 10.0 Å². The highest BCUT2D eigenvalue weighted by atomic mass is 16.7. The van der Waals surface area contributed by atoms with Crippen LogP contribution in [0.2, 0.25) is 0 Å². The van der Waals surface area contributed by atoms with Gasteiger partial charge in [-0.1, -0.05) is 35.4 Å². The molecule has 0 aliphatic carbocycles. The fraction of sp³-hybridized carbons (Fsp3) is 0.571. The molecule has 1 aromatic rings. The summed E-state index contributed by atoms with van der Waals surface area (Å²) >= 11 is 0. The van der Waals surface area contributed by atoms with Crippen LogP contribution in [-0.4, -0.2) is 38.3 Å². The first kappa shape index (κ1) is 14.3. The lowest BCUT2D eigenvalue weighted by molar-refractivity contribution is -0.317. The smallest absolute Gasteiger partial charge is 0.184 e. The molecule has 112 valence electrons. The molecule has 2 saturated heterocycles. The van der Waals surface area contributed by atoms with Crippen molar-refractivity contribution >= 4 is 0 Å². The number of nitrogens with zero attached hydrogens (tertiary/aromatic N) is 3. The molecule has 1 aromatic carbocycles. The van der Waals surface area contributed by atoms with Crippen LogP contribution in [0.1, 0.15) is 18.3 Å². The maximum absolute atomic E-state index is 8.74. The number of rotatable bonds is 3. The third kappa shape index (κ3) is 3.02. The zero-order valence-electron chi connectivity index (χ0n) is 11.7. The van der Waals surface area contributed by atoms with Crippen LogP contribution in [0.4, 0.5) is 0 Å². The lowest BCUT2D eigenvalue weighted by Gasteiger charge is -2.44. The summed E-state index contributed by atoms with van der Waals surface area (Å²) < 4.78 is 22.6. The molecule has 0 N–H and O–H groups in total. The van der Waals surface area contributed by atoms with Crippen molar-refractivity contribution in [3.63, 3.8) is 0 Å².